The molecule has 21 heavy (non-hydrogen) atoms. The van der Waals surface area contributed by atoms with Gasteiger partial charge in [0.05, 0.1) is 6.20 Å². The lowest BCUT2D eigenvalue weighted by Crippen LogP contribution is -2.18. The molecule has 1 aromatic carbocycles. The standard InChI is InChI=1S/C14H20N4O2S/c1-4-15-8-12-9-16-17-14(12)21(19,20)18-13-6-10(2)5-11(3)7-13/h5-7,9,15,18H,4,8H2,1-3H3,(H,16,17). The zero-order valence-corrected chi connectivity index (χ0v) is 13.2. The van der Waals surface area contributed by atoms with Gasteiger partial charge >= 0.3 is 0 Å². The summed E-state index contributed by atoms with van der Waals surface area (Å²) in [5.74, 6) is 0. The summed E-state index contributed by atoms with van der Waals surface area (Å²) in [6, 6.07) is 5.58. The Bertz CT molecular complexity index is 702. The van der Waals surface area contributed by atoms with E-state index in [-0.39, 0.29) is 5.03 Å². The first-order valence-corrected chi connectivity index (χ1v) is 8.25. The maximum atomic E-state index is 12.5. The van der Waals surface area contributed by atoms with E-state index < -0.39 is 10.0 Å². The summed E-state index contributed by atoms with van der Waals surface area (Å²) in [7, 11) is -3.67. The van der Waals surface area contributed by atoms with E-state index in [1.54, 1.807) is 12.1 Å². The van der Waals surface area contributed by atoms with Gasteiger partial charge in [-0.2, -0.15) is 13.5 Å². The molecule has 3 N–H and O–H groups in total. The molecule has 0 spiro atoms. The first kappa shape index (κ1) is 15.5. The van der Waals surface area contributed by atoms with Crippen LogP contribution in [-0.2, 0) is 16.6 Å². The van der Waals surface area contributed by atoms with Gasteiger partial charge in [0.2, 0.25) is 0 Å². The Morgan fingerprint density at radius 3 is 2.48 bits per heavy atom. The molecular formula is C14H20N4O2S. The fourth-order valence-corrected chi connectivity index (χ4v) is 3.33. The number of hydrogen-bond acceptors (Lipinski definition) is 4. The lowest BCUT2D eigenvalue weighted by Gasteiger charge is -2.10. The van der Waals surface area contributed by atoms with Crippen LogP contribution in [-0.4, -0.2) is 25.2 Å². The Morgan fingerprint density at radius 2 is 1.86 bits per heavy atom. The molecule has 2 rings (SSSR count). The number of nitrogens with one attached hydrogen (secondary N) is 3. The Labute approximate surface area is 125 Å². The summed E-state index contributed by atoms with van der Waals surface area (Å²) < 4.78 is 27.5. The van der Waals surface area contributed by atoms with Gasteiger partial charge in [-0.15, -0.1) is 0 Å². The van der Waals surface area contributed by atoms with Crippen molar-refractivity contribution in [2.24, 2.45) is 0 Å². The van der Waals surface area contributed by atoms with Crippen molar-refractivity contribution >= 4 is 15.7 Å². The average molecular weight is 308 g/mol. The minimum Gasteiger partial charge on any atom is -0.313 e. The number of anilines is 1. The molecule has 0 saturated heterocycles. The first-order chi connectivity index (χ1) is 9.92. The van der Waals surface area contributed by atoms with Crippen molar-refractivity contribution in [1.29, 1.82) is 0 Å². The topological polar surface area (TPSA) is 86.9 Å². The smallest absolute Gasteiger partial charge is 0.279 e. The fourth-order valence-electron chi connectivity index (χ4n) is 2.16. The molecule has 0 aliphatic rings. The number of aryl methyl sites for hydroxylation is 2. The van der Waals surface area contributed by atoms with Crippen LogP contribution in [0.5, 0.6) is 0 Å². The van der Waals surface area contributed by atoms with Crippen LogP contribution in [0.4, 0.5) is 5.69 Å². The van der Waals surface area contributed by atoms with Crippen LogP contribution in [0.15, 0.2) is 29.4 Å². The molecule has 0 bridgehead atoms. The second-order valence-electron chi connectivity index (χ2n) is 4.99. The van der Waals surface area contributed by atoms with E-state index in [1.165, 1.54) is 6.20 Å². The molecular weight excluding hydrogens is 288 g/mol. The predicted octanol–water partition coefficient (Wildman–Crippen LogP) is 1.94. The maximum absolute atomic E-state index is 12.5. The molecule has 0 radical (unpaired) electrons. The quantitative estimate of drug-likeness (QED) is 0.761. The second kappa shape index (κ2) is 6.28. The molecule has 114 valence electrons. The fraction of sp³-hybridized carbons (Fsp3) is 0.357. The number of H-pyrrole nitrogens is 1. The third kappa shape index (κ3) is 3.83. The number of aromatic amines is 1. The zero-order valence-electron chi connectivity index (χ0n) is 12.4. The van der Waals surface area contributed by atoms with Crippen LogP contribution in [0, 0.1) is 13.8 Å². The predicted molar refractivity (Wildman–Crippen MR) is 82.7 cm³/mol. The average Bonchev–Trinajstić information content (AvgIpc) is 2.83. The number of benzene rings is 1. The highest BCUT2D eigenvalue weighted by molar-refractivity contribution is 7.92. The largest absolute Gasteiger partial charge is 0.313 e. The maximum Gasteiger partial charge on any atom is 0.279 e. The summed E-state index contributed by atoms with van der Waals surface area (Å²) in [6.07, 6.45) is 1.53. The van der Waals surface area contributed by atoms with Crippen molar-refractivity contribution in [1.82, 2.24) is 15.5 Å². The van der Waals surface area contributed by atoms with Gasteiger partial charge in [-0.25, -0.2) is 0 Å². The van der Waals surface area contributed by atoms with Crippen LogP contribution in [0.2, 0.25) is 0 Å². The van der Waals surface area contributed by atoms with E-state index in [0.717, 1.165) is 17.7 Å². The molecule has 1 heterocycles. The van der Waals surface area contributed by atoms with Gasteiger partial charge in [0.15, 0.2) is 5.03 Å². The monoisotopic (exact) mass is 308 g/mol. The minimum atomic E-state index is -3.67. The molecule has 0 aliphatic heterocycles. The van der Waals surface area contributed by atoms with E-state index in [1.807, 2.05) is 26.8 Å². The summed E-state index contributed by atoms with van der Waals surface area (Å²) in [6.45, 7) is 7.03. The molecule has 2 aromatic rings. The van der Waals surface area contributed by atoms with E-state index in [9.17, 15) is 8.42 Å². The van der Waals surface area contributed by atoms with Gasteiger partial charge in [0.1, 0.15) is 0 Å². The highest BCUT2D eigenvalue weighted by Gasteiger charge is 2.20. The Balaban J connectivity index is 2.28. The molecule has 0 aliphatic carbocycles. The van der Waals surface area contributed by atoms with Crippen molar-refractivity contribution in [2.45, 2.75) is 32.3 Å². The molecule has 0 amide bonds. The van der Waals surface area contributed by atoms with Gasteiger partial charge in [-0.05, 0) is 43.7 Å². The number of sulfonamides is 1. The van der Waals surface area contributed by atoms with Crippen molar-refractivity contribution in [3.8, 4) is 0 Å². The van der Waals surface area contributed by atoms with E-state index in [4.69, 9.17) is 0 Å². The Morgan fingerprint density at radius 1 is 1.19 bits per heavy atom. The highest BCUT2D eigenvalue weighted by Crippen LogP contribution is 2.19. The third-order valence-corrected chi connectivity index (χ3v) is 4.38. The van der Waals surface area contributed by atoms with E-state index in [2.05, 4.69) is 20.2 Å². The SMILES string of the molecule is CCNCc1cn[nH]c1S(=O)(=O)Nc1cc(C)cc(C)c1. The normalized spacial score (nSPS) is 11.6. The highest BCUT2D eigenvalue weighted by atomic mass is 32.2. The summed E-state index contributed by atoms with van der Waals surface area (Å²) in [5, 5.41) is 9.59. The third-order valence-electron chi connectivity index (χ3n) is 2.99. The summed E-state index contributed by atoms with van der Waals surface area (Å²) >= 11 is 0. The van der Waals surface area contributed by atoms with Gasteiger partial charge in [-0.3, -0.25) is 9.82 Å². The number of aromatic nitrogens is 2. The van der Waals surface area contributed by atoms with Crippen molar-refractivity contribution in [2.75, 3.05) is 11.3 Å². The minimum absolute atomic E-state index is 0.0996. The van der Waals surface area contributed by atoms with Crippen molar-refractivity contribution in [3.05, 3.63) is 41.1 Å². The molecule has 0 saturated carbocycles. The van der Waals surface area contributed by atoms with Gasteiger partial charge in [-0.1, -0.05) is 13.0 Å². The molecule has 6 nitrogen and oxygen atoms in total. The van der Waals surface area contributed by atoms with E-state index in [0.29, 0.717) is 17.8 Å². The Hall–Kier alpha value is -1.86. The number of rotatable bonds is 6. The molecule has 0 fully saturated rings. The lowest BCUT2D eigenvalue weighted by molar-refractivity contribution is 0.594. The van der Waals surface area contributed by atoms with Crippen molar-refractivity contribution < 1.29 is 8.42 Å². The summed E-state index contributed by atoms with van der Waals surface area (Å²) in [4.78, 5) is 0. The molecule has 0 atom stereocenters. The number of hydrogen-bond donors (Lipinski definition) is 3. The number of nitrogens with zero attached hydrogens (tertiary/aromatic N) is 1. The summed E-state index contributed by atoms with van der Waals surface area (Å²) in [5.41, 5.74) is 3.18. The molecule has 0 unspecified atom stereocenters. The lowest BCUT2D eigenvalue weighted by atomic mass is 10.1. The van der Waals surface area contributed by atoms with Crippen LogP contribution in [0.3, 0.4) is 0 Å². The van der Waals surface area contributed by atoms with Crippen LogP contribution < -0.4 is 10.0 Å². The van der Waals surface area contributed by atoms with Gasteiger partial charge in [0, 0.05) is 17.8 Å². The van der Waals surface area contributed by atoms with Crippen molar-refractivity contribution in [3.63, 3.8) is 0 Å². The second-order valence-corrected chi connectivity index (χ2v) is 6.61. The van der Waals surface area contributed by atoms with Gasteiger partial charge < -0.3 is 5.32 Å². The van der Waals surface area contributed by atoms with Crippen LogP contribution in [0.1, 0.15) is 23.6 Å². The zero-order chi connectivity index (χ0) is 15.5. The Kier molecular flexibility index (Phi) is 4.64. The van der Waals surface area contributed by atoms with Crippen LogP contribution >= 0.6 is 0 Å². The molecule has 7 heteroatoms. The molecule has 1 aromatic heterocycles. The first-order valence-electron chi connectivity index (χ1n) is 6.76. The van der Waals surface area contributed by atoms with Crippen LogP contribution in [0.25, 0.3) is 0 Å². The van der Waals surface area contributed by atoms with E-state index >= 15 is 0 Å². The van der Waals surface area contributed by atoms with Gasteiger partial charge in [0.25, 0.3) is 10.0 Å².